The van der Waals surface area contributed by atoms with Gasteiger partial charge < -0.3 is 5.32 Å². The van der Waals surface area contributed by atoms with Crippen LogP contribution in [0.25, 0.3) is 6.08 Å². The molecule has 0 spiro atoms. The molecule has 1 amide bonds. The van der Waals surface area contributed by atoms with Crippen LogP contribution in [0, 0.1) is 6.92 Å². The normalized spacial score (nSPS) is 17.8. The largest absolute Gasteiger partial charge is 0.416 e. The summed E-state index contributed by atoms with van der Waals surface area (Å²) in [6, 6.07) is 10.0. The number of aliphatic imine (C=N–C) groups is 1. The zero-order valence-corrected chi connectivity index (χ0v) is 15.0. The van der Waals surface area contributed by atoms with E-state index in [0.29, 0.717) is 15.9 Å². The van der Waals surface area contributed by atoms with Gasteiger partial charge in [0.25, 0.3) is 5.91 Å². The second-order valence-corrected chi connectivity index (χ2v) is 6.93. The molecule has 0 radical (unpaired) electrons. The second-order valence-electron chi connectivity index (χ2n) is 5.49. The Kier molecular flexibility index (Phi) is 5.11. The maximum atomic E-state index is 12.8. The van der Waals surface area contributed by atoms with E-state index in [4.69, 9.17) is 11.6 Å². The molecule has 8 heteroatoms. The highest BCUT2D eigenvalue weighted by atomic mass is 35.5. The molecule has 0 unspecified atom stereocenters. The van der Waals surface area contributed by atoms with Crippen LogP contribution < -0.4 is 5.32 Å². The number of amidine groups is 1. The Morgan fingerprint density at radius 2 is 1.92 bits per heavy atom. The van der Waals surface area contributed by atoms with E-state index in [1.807, 2.05) is 6.92 Å². The van der Waals surface area contributed by atoms with Crippen molar-refractivity contribution in [3.8, 4) is 0 Å². The summed E-state index contributed by atoms with van der Waals surface area (Å²) in [5.74, 6) is -0.411. The van der Waals surface area contributed by atoms with Crippen LogP contribution in [-0.2, 0) is 11.0 Å². The molecular formula is C18H12ClF3N2OS. The van der Waals surface area contributed by atoms with E-state index >= 15 is 0 Å². The molecule has 26 heavy (non-hydrogen) atoms. The van der Waals surface area contributed by atoms with Crippen molar-refractivity contribution >= 4 is 46.2 Å². The molecule has 1 aliphatic heterocycles. The van der Waals surface area contributed by atoms with Gasteiger partial charge in [-0.3, -0.25) is 4.79 Å². The number of hydrogen-bond donors (Lipinski definition) is 1. The quantitative estimate of drug-likeness (QED) is 0.675. The SMILES string of the molecule is Cc1c(Cl)cccc1N=C1NC(=O)/C(=C\c2cccc(C(F)(F)F)c2)S1. The van der Waals surface area contributed by atoms with Gasteiger partial charge in [-0.05, 0) is 60.2 Å². The highest BCUT2D eigenvalue weighted by molar-refractivity contribution is 8.18. The van der Waals surface area contributed by atoms with E-state index in [9.17, 15) is 18.0 Å². The number of amides is 1. The molecule has 1 saturated heterocycles. The zero-order valence-electron chi connectivity index (χ0n) is 13.4. The van der Waals surface area contributed by atoms with Gasteiger partial charge in [0.2, 0.25) is 0 Å². The minimum absolute atomic E-state index is 0.266. The summed E-state index contributed by atoms with van der Waals surface area (Å²) in [6.07, 6.45) is -3.03. The van der Waals surface area contributed by atoms with Crippen LogP contribution in [0.15, 0.2) is 52.4 Å². The number of nitrogens with one attached hydrogen (secondary N) is 1. The second kappa shape index (κ2) is 7.17. The molecule has 2 aromatic rings. The van der Waals surface area contributed by atoms with Crippen molar-refractivity contribution in [1.29, 1.82) is 0 Å². The molecule has 0 saturated carbocycles. The first kappa shape index (κ1) is 18.5. The summed E-state index contributed by atoms with van der Waals surface area (Å²) in [5, 5.41) is 3.51. The highest BCUT2D eigenvalue weighted by Crippen LogP contribution is 2.33. The van der Waals surface area contributed by atoms with E-state index in [0.717, 1.165) is 29.5 Å². The van der Waals surface area contributed by atoms with Crippen LogP contribution >= 0.6 is 23.4 Å². The molecule has 3 rings (SSSR count). The lowest BCUT2D eigenvalue weighted by Gasteiger charge is -2.06. The molecule has 0 atom stereocenters. The van der Waals surface area contributed by atoms with Crippen molar-refractivity contribution in [3.05, 3.63) is 69.1 Å². The molecule has 3 nitrogen and oxygen atoms in total. The van der Waals surface area contributed by atoms with E-state index in [-0.39, 0.29) is 10.5 Å². The maximum Gasteiger partial charge on any atom is 0.416 e. The van der Waals surface area contributed by atoms with Crippen LogP contribution in [0.1, 0.15) is 16.7 Å². The van der Waals surface area contributed by atoms with Crippen LogP contribution in [0.4, 0.5) is 18.9 Å². The molecule has 0 aromatic heterocycles. The van der Waals surface area contributed by atoms with Gasteiger partial charge in [0.15, 0.2) is 5.17 Å². The summed E-state index contributed by atoms with van der Waals surface area (Å²) in [6.45, 7) is 1.81. The lowest BCUT2D eigenvalue weighted by molar-refractivity contribution is -0.137. The number of benzene rings is 2. The lowest BCUT2D eigenvalue weighted by Crippen LogP contribution is -2.19. The van der Waals surface area contributed by atoms with Crippen LogP contribution in [0.3, 0.4) is 0 Å². The van der Waals surface area contributed by atoms with Gasteiger partial charge in [-0.2, -0.15) is 13.2 Å². The third-order valence-electron chi connectivity index (χ3n) is 3.62. The Bertz CT molecular complexity index is 938. The van der Waals surface area contributed by atoms with E-state index in [1.165, 1.54) is 18.2 Å². The number of carbonyl (C=O) groups is 1. The van der Waals surface area contributed by atoms with Crippen molar-refractivity contribution in [2.24, 2.45) is 4.99 Å². The van der Waals surface area contributed by atoms with Crippen molar-refractivity contribution in [2.45, 2.75) is 13.1 Å². The Morgan fingerprint density at radius 3 is 2.65 bits per heavy atom. The minimum atomic E-state index is -4.43. The number of hydrogen-bond acceptors (Lipinski definition) is 3. The third kappa shape index (κ3) is 4.11. The fourth-order valence-corrected chi connectivity index (χ4v) is 3.27. The van der Waals surface area contributed by atoms with Gasteiger partial charge in [-0.15, -0.1) is 0 Å². The van der Waals surface area contributed by atoms with E-state index in [2.05, 4.69) is 10.3 Å². The summed E-state index contributed by atoms with van der Waals surface area (Å²) in [7, 11) is 0. The Balaban J connectivity index is 1.87. The summed E-state index contributed by atoms with van der Waals surface area (Å²) >= 11 is 7.11. The molecule has 2 aromatic carbocycles. The molecule has 1 N–H and O–H groups in total. The fraction of sp³-hybridized carbons (Fsp3) is 0.111. The summed E-state index contributed by atoms with van der Waals surface area (Å²) in [4.78, 5) is 16.7. The van der Waals surface area contributed by atoms with Gasteiger partial charge in [0, 0.05) is 5.02 Å². The number of alkyl halides is 3. The first-order valence-electron chi connectivity index (χ1n) is 7.46. The molecule has 0 aliphatic carbocycles. The predicted octanol–water partition coefficient (Wildman–Crippen LogP) is 5.56. The van der Waals surface area contributed by atoms with Gasteiger partial charge in [0.05, 0.1) is 16.2 Å². The van der Waals surface area contributed by atoms with E-state index in [1.54, 1.807) is 18.2 Å². The number of rotatable bonds is 2. The summed E-state index contributed by atoms with van der Waals surface area (Å²) in [5.41, 5.74) is 0.906. The average Bonchev–Trinajstić information content (AvgIpc) is 2.91. The fourth-order valence-electron chi connectivity index (χ4n) is 2.26. The van der Waals surface area contributed by atoms with Crippen LogP contribution in [0.2, 0.25) is 5.02 Å². The first-order valence-corrected chi connectivity index (χ1v) is 8.65. The van der Waals surface area contributed by atoms with Crippen LogP contribution in [0.5, 0.6) is 0 Å². The lowest BCUT2D eigenvalue weighted by atomic mass is 10.1. The molecular weight excluding hydrogens is 385 g/mol. The average molecular weight is 397 g/mol. The number of halogens is 4. The highest BCUT2D eigenvalue weighted by Gasteiger charge is 2.30. The molecule has 134 valence electrons. The molecule has 1 heterocycles. The van der Waals surface area contributed by atoms with Crippen molar-refractivity contribution < 1.29 is 18.0 Å². The smallest absolute Gasteiger partial charge is 0.300 e. The van der Waals surface area contributed by atoms with Gasteiger partial charge in [-0.1, -0.05) is 29.8 Å². The zero-order chi connectivity index (χ0) is 18.9. The van der Waals surface area contributed by atoms with E-state index < -0.39 is 17.6 Å². The Morgan fingerprint density at radius 1 is 1.19 bits per heavy atom. The van der Waals surface area contributed by atoms with Crippen molar-refractivity contribution in [1.82, 2.24) is 5.32 Å². The van der Waals surface area contributed by atoms with Gasteiger partial charge in [-0.25, -0.2) is 4.99 Å². The molecule has 0 bridgehead atoms. The standard InChI is InChI=1S/C18H12ClF3N2OS/c1-10-13(19)6-3-7-14(10)23-17-24-16(25)15(26-17)9-11-4-2-5-12(8-11)18(20,21)22/h2-9H,1H3,(H,23,24,25)/b15-9+. The Labute approximate surface area is 157 Å². The molecule has 1 fully saturated rings. The number of carbonyl (C=O) groups excluding carboxylic acids is 1. The monoisotopic (exact) mass is 396 g/mol. The van der Waals surface area contributed by atoms with Crippen molar-refractivity contribution in [2.75, 3.05) is 0 Å². The maximum absolute atomic E-state index is 12.8. The Hall–Kier alpha value is -2.25. The van der Waals surface area contributed by atoms with Crippen molar-refractivity contribution in [3.63, 3.8) is 0 Å². The van der Waals surface area contributed by atoms with Gasteiger partial charge in [0.1, 0.15) is 0 Å². The number of nitrogens with zero attached hydrogens (tertiary/aromatic N) is 1. The van der Waals surface area contributed by atoms with Gasteiger partial charge >= 0.3 is 6.18 Å². The first-order chi connectivity index (χ1) is 12.2. The van der Waals surface area contributed by atoms with Crippen LogP contribution in [-0.4, -0.2) is 11.1 Å². The summed E-state index contributed by atoms with van der Waals surface area (Å²) < 4.78 is 38.4. The predicted molar refractivity (Wildman–Crippen MR) is 98.4 cm³/mol. The number of thioether (sulfide) groups is 1. The molecule has 1 aliphatic rings. The third-order valence-corrected chi connectivity index (χ3v) is 4.94. The topological polar surface area (TPSA) is 41.5 Å². The minimum Gasteiger partial charge on any atom is -0.300 e.